The van der Waals surface area contributed by atoms with Crippen LogP contribution in [0.25, 0.3) is 0 Å². The number of nitrogens with one attached hydrogen (secondary N) is 1. The van der Waals surface area contributed by atoms with Gasteiger partial charge in [-0.2, -0.15) is 0 Å². The fourth-order valence-corrected chi connectivity index (χ4v) is 3.53. The van der Waals surface area contributed by atoms with Crippen LogP contribution in [0.15, 0.2) is 6.20 Å². The minimum Gasteiger partial charge on any atom is -0.379 e. The van der Waals surface area contributed by atoms with Crippen molar-refractivity contribution in [2.45, 2.75) is 38.8 Å². The van der Waals surface area contributed by atoms with Crippen LogP contribution in [0.3, 0.4) is 0 Å². The van der Waals surface area contributed by atoms with E-state index in [1.165, 1.54) is 18.5 Å². The molecule has 2 fully saturated rings. The average molecular weight is 292 g/mol. The Balaban J connectivity index is 1.64. The van der Waals surface area contributed by atoms with Gasteiger partial charge in [-0.1, -0.05) is 13.3 Å². The summed E-state index contributed by atoms with van der Waals surface area (Å²) in [5.74, 6) is 1.77. The zero-order chi connectivity index (χ0) is 14.7. The molecule has 0 unspecified atom stereocenters. The van der Waals surface area contributed by atoms with Gasteiger partial charge in [-0.05, 0) is 13.5 Å². The Bertz CT molecular complexity index is 447. The highest BCUT2D eigenvalue weighted by Crippen LogP contribution is 2.20. The van der Waals surface area contributed by atoms with Gasteiger partial charge in [0, 0.05) is 56.5 Å². The van der Waals surface area contributed by atoms with Gasteiger partial charge < -0.3 is 14.6 Å². The molecule has 0 saturated carbocycles. The maximum Gasteiger partial charge on any atom is 0.106 e. The third kappa shape index (κ3) is 3.84. The van der Waals surface area contributed by atoms with Gasteiger partial charge in [0.15, 0.2) is 0 Å². The first kappa shape index (κ1) is 15.0. The molecule has 2 atom stereocenters. The van der Waals surface area contributed by atoms with E-state index in [4.69, 9.17) is 4.74 Å². The van der Waals surface area contributed by atoms with E-state index in [2.05, 4.69) is 33.7 Å². The summed E-state index contributed by atoms with van der Waals surface area (Å²) in [6.45, 7) is 8.35. The van der Waals surface area contributed by atoms with Gasteiger partial charge in [0.05, 0.1) is 13.2 Å². The molecule has 21 heavy (non-hydrogen) atoms. The first-order valence-electron chi connectivity index (χ1n) is 8.27. The summed E-state index contributed by atoms with van der Waals surface area (Å²) in [6.07, 6.45) is 5.51. The van der Waals surface area contributed by atoms with Gasteiger partial charge in [-0.15, -0.1) is 0 Å². The van der Waals surface area contributed by atoms with Crippen molar-refractivity contribution in [3.63, 3.8) is 0 Å². The van der Waals surface area contributed by atoms with E-state index in [9.17, 15) is 0 Å². The van der Waals surface area contributed by atoms with Crippen molar-refractivity contribution in [2.24, 2.45) is 5.92 Å². The van der Waals surface area contributed by atoms with Crippen LogP contribution >= 0.6 is 0 Å². The van der Waals surface area contributed by atoms with Crippen LogP contribution in [0.5, 0.6) is 0 Å². The number of fused-ring (bicyclic) bond motifs is 3. The second-order valence-electron chi connectivity index (χ2n) is 6.67. The van der Waals surface area contributed by atoms with E-state index < -0.39 is 0 Å². The average Bonchev–Trinajstić information content (AvgIpc) is 2.73. The summed E-state index contributed by atoms with van der Waals surface area (Å²) in [7, 11) is 2.23. The van der Waals surface area contributed by atoms with Gasteiger partial charge in [0.2, 0.25) is 0 Å². The lowest BCUT2D eigenvalue weighted by Crippen LogP contribution is -2.42. The van der Waals surface area contributed by atoms with Crippen molar-refractivity contribution in [3.8, 4) is 0 Å². The summed E-state index contributed by atoms with van der Waals surface area (Å²) < 4.78 is 5.84. The number of nitrogens with zero attached hydrogens (tertiary/aromatic N) is 3. The Morgan fingerprint density at radius 3 is 3.10 bits per heavy atom. The van der Waals surface area contributed by atoms with E-state index in [0.29, 0.717) is 12.0 Å². The third-order valence-electron chi connectivity index (χ3n) is 4.59. The van der Waals surface area contributed by atoms with Crippen LogP contribution in [0.2, 0.25) is 0 Å². The number of aromatic nitrogens is 2. The first-order valence-corrected chi connectivity index (χ1v) is 8.27. The minimum atomic E-state index is 0.505. The summed E-state index contributed by atoms with van der Waals surface area (Å²) in [4.78, 5) is 13.1. The highest BCUT2D eigenvalue weighted by atomic mass is 16.5. The van der Waals surface area contributed by atoms with Gasteiger partial charge >= 0.3 is 0 Å². The molecule has 0 aromatic carbocycles. The number of hydrogen-bond donors (Lipinski definition) is 1. The van der Waals surface area contributed by atoms with Crippen LogP contribution in [0, 0.1) is 5.92 Å². The summed E-state index contributed by atoms with van der Waals surface area (Å²) in [5.41, 5.74) is 1.25. The van der Waals surface area contributed by atoms with Gasteiger partial charge in [0.1, 0.15) is 5.82 Å². The second-order valence-corrected chi connectivity index (χ2v) is 6.67. The van der Waals surface area contributed by atoms with E-state index in [-0.39, 0.29) is 0 Å². The Hall–Kier alpha value is -0.910. The minimum absolute atomic E-state index is 0.505. The van der Waals surface area contributed by atoms with E-state index >= 15 is 0 Å². The molecule has 0 spiro atoms. The molecule has 1 N–H and O–H groups in total. The maximum absolute atomic E-state index is 5.84. The fourth-order valence-electron chi connectivity index (χ4n) is 3.53. The molecular weight excluding hydrogens is 264 g/mol. The zero-order valence-corrected chi connectivity index (χ0v) is 13.3. The van der Waals surface area contributed by atoms with Crippen molar-refractivity contribution < 1.29 is 4.74 Å². The lowest BCUT2D eigenvalue weighted by molar-refractivity contribution is 0.0560. The number of aromatic amines is 1. The van der Waals surface area contributed by atoms with Gasteiger partial charge in [-0.25, -0.2) is 4.98 Å². The second kappa shape index (κ2) is 6.90. The molecule has 1 aromatic rings. The topological polar surface area (TPSA) is 44.4 Å². The summed E-state index contributed by atoms with van der Waals surface area (Å²) >= 11 is 0. The standard InChI is InChI=1S/C16H28N4O/c1-3-4-5-16-17-6-14(18-16)9-20-8-13-7-19(2)10-15(20)12-21-11-13/h6,13,15H,3-5,7-12H2,1-2H3,(H,17,18)/t13-,15-/m0/s1. The van der Waals surface area contributed by atoms with E-state index in [0.717, 1.165) is 51.6 Å². The van der Waals surface area contributed by atoms with Crippen LogP contribution in [-0.2, 0) is 17.7 Å². The molecule has 0 aliphatic carbocycles. The Kier molecular flexibility index (Phi) is 4.93. The third-order valence-corrected chi connectivity index (χ3v) is 4.59. The lowest BCUT2D eigenvalue weighted by Gasteiger charge is -2.29. The number of rotatable bonds is 5. The molecule has 2 saturated heterocycles. The quantitative estimate of drug-likeness (QED) is 0.893. The molecule has 2 bridgehead atoms. The van der Waals surface area contributed by atoms with Crippen molar-refractivity contribution in [2.75, 3.05) is 39.9 Å². The lowest BCUT2D eigenvalue weighted by atomic mass is 10.1. The number of ether oxygens (including phenoxy) is 1. The molecule has 2 aliphatic rings. The van der Waals surface area contributed by atoms with Crippen molar-refractivity contribution >= 4 is 0 Å². The smallest absolute Gasteiger partial charge is 0.106 e. The predicted octanol–water partition coefficient (Wildman–Crippen LogP) is 1.51. The van der Waals surface area contributed by atoms with Crippen molar-refractivity contribution in [1.29, 1.82) is 0 Å². The Labute approximate surface area is 127 Å². The van der Waals surface area contributed by atoms with Gasteiger partial charge in [-0.3, -0.25) is 4.90 Å². The highest BCUT2D eigenvalue weighted by Gasteiger charge is 2.32. The molecule has 0 amide bonds. The fraction of sp³-hybridized carbons (Fsp3) is 0.812. The number of hydrogen-bond acceptors (Lipinski definition) is 4. The Morgan fingerprint density at radius 2 is 2.24 bits per heavy atom. The Morgan fingerprint density at radius 1 is 1.33 bits per heavy atom. The predicted molar refractivity (Wildman–Crippen MR) is 83.2 cm³/mol. The number of aryl methyl sites for hydroxylation is 1. The van der Waals surface area contributed by atoms with E-state index in [1.807, 2.05) is 6.20 Å². The van der Waals surface area contributed by atoms with E-state index in [1.54, 1.807) is 0 Å². The van der Waals surface area contributed by atoms with Gasteiger partial charge in [0.25, 0.3) is 0 Å². The van der Waals surface area contributed by atoms with Crippen LogP contribution in [0.1, 0.15) is 31.3 Å². The molecule has 3 heterocycles. The van der Waals surface area contributed by atoms with Crippen LogP contribution in [-0.4, -0.2) is 65.7 Å². The number of likely N-dealkylation sites (N-methyl/N-ethyl adjacent to an activating group) is 1. The SMILES string of the molecule is CCCCc1ncc(CN2C[C@H]3COC[C@@H]2CN(C)C3)[nH]1. The molecule has 2 aliphatic heterocycles. The largest absolute Gasteiger partial charge is 0.379 e. The number of imidazole rings is 1. The summed E-state index contributed by atoms with van der Waals surface area (Å²) in [6, 6.07) is 0.505. The highest BCUT2D eigenvalue weighted by molar-refractivity contribution is 5.02. The molecule has 118 valence electrons. The van der Waals surface area contributed by atoms with Crippen LogP contribution in [0.4, 0.5) is 0 Å². The maximum atomic E-state index is 5.84. The zero-order valence-electron chi connectivity index (χ0n) is 13.3. The monoisotopic (exact) mass is 292 g/mol. The number of unbranched alkanes of at least 4 members (excludes halogenated alkanes) is 1. The molecule has 0 radical (unpaired) electrons. The van der Waals surface area contributed by atoms with Crippen molar-refractivity contribution in [1.82, 2.24) is 19.8 Å². The van der Waals surface area contributed by atoms with Crippen LogP contribution < -0.4 is 0 Å². The van der Waals surface area contributed by atoms with Crippen molar-refractivity contribution in [3.05, 3.63) is 17.7 Å². The summed E-state index contributed by atoms with van der Waals surface area (Å²) in [5, 5.41) is 0. The number of H-pyrrole nitrogens is 1. The first-order chi connectivity index (χ1) is 10.2. The molecular formula is C16H28N4O. The molecule has 1 aromatic heterocycles. The molecule has 5 heteroatoms. The normalized spacial score (nSPS) is 27.7. The molecule has 3 rings (SSSR count). The molecule has 5 nitrogen and oxygen atoms in total.